The number of amides is 1. The lowest BCUT2D eigenvalue weighted by Crippen LogP contribution is -2.53. The van der Waals surface area contributed by atoms with Gasteiger partial charge in [-0.15, -0.1) is 0 Å². The van der Waals surface area contributed by atoms with Crippen molar-refractivity contribution in [3.63, 3.8) is 0 Å². The summed E-state index contributed by atoms with van der Waals surface area (Å²) < 4.78 is 5.88. The number of carbonyl (C=O) groups excluding carboxylic acids is 1. The highest BCUT2D eigenvalue weighted by Crippen LogP contribution is 2.37. The first-order valence-corrected chi connectivity index (χ1v) is 8.95. The number of fused-ring (bicyclic) bond motifs is 1. The highest BCUT2D eigenvalue weighted by atomic mass is 16.5. The van der Waals surface area contributed by atoms with E-state index in [1.165, 1.54) is 12.8 Å². The Morgan fingerprint density at radius 2 is 1.92 bits per heavy atom. The van der Waals surface area contributed by atoms with Crippen molar-refractivity contribution in [3.8, 4) is 5.75 Å². The van der Waals surface area contributed by atoms with Gasteiger partial charge in [-0.25, -0.2) is 0 Å². The summed E-state index contributed by atoms with van der Waals surface area (Å²) in [5.41, 5.74) is 1.96. The number of carbonyl (C=O) groups is 1. The minimum atomic E-state index is -0.617. The van der Waals surface area contributed by atoms with Gasteiger partial charge in [-0.3, -0.25) is 4.79 Å². The van der Waals surface area contributed by atoms with E-state index in [0.717, 1.165) is 30.0 Å². The zero-order valence-electron chi connectivity index (χ0n) is 15.2. The van der Waals surface area contributed by atoms with E-state index in [1.807, 2.05) is 62.5 Å². The van der Waals surface area contributed by atoms with Gasteiger partial charge in [0.2, 0.25) is 0 Å². The smallest absolute Gasteiger partial charge is 0.257 e. The number of benzene rings is 2. The first-order valence-electron chi connectivity index (χ1n) is 8.95. The third-order valence-corrected chi connectivity index (χ3v) is 4.92. The minimum Gasteiger partial charge on any atom is -0.494 e. The van der Waals surface area contributed by atoms with Crippen LogP contribution in [-0.2, 0) is 5.66 Å². The molecule has 2 aromatic rings. The van der Waals surface area contributed by atoms with Gasteiger partial charge in [-0.05, 0) is 37.6 Å². The molecular formula is C21H26N2O2. The van der Waals surface area contributed by atoms with Gasteiger partial charge >= 0.3 is 0 Å². The maximum atomic E-state index is 12.8. The summed E-state index contributed by atoms with van der Waals surface area (Å²) in [5.74, 6) is 0.863. The van der Waals surface area contributed by atoms with Crippen LogP contribution in [0, 0.1) is 0 Å². The predicted molar refractivity (Wildman–Crippen MR) is 101 cm³/mol. The summed E-state index contributed by atoms with van der Waals surface area (Å²) in [6, 6.07) is 15.6. The average molecular weight is 338 g/mol. The molecule has 132 valence electrons. The second-order valence-corrected chi connectivity index (χ2v) is 6.69. The minimum absolute atomic E-state index is 0.0196. The molecule has 0 aliphatic carbocycles. The fourth-order valence-electron chi connectivity index (χ4n) is 3.21. The van der Waals surface area contributed by atoms with Gasteiger partial charge in [-0.1, -0.05) is 44.0 Å². The number of hydrogen-bond donors (Lipinski definition) is 1. The van der Waals surface area contributed by atoms with Gasteiger partial charge in [0, 0.05) is 18.3 Å². The van der Waals surface area contributed by atoms with E-state index in [9.17, 15) is 4.79 Å². The summed E-state index contributed by atoms with van der Waals surface area (Å²) in [4.78, 5) is 14.5. The number of unbranched alkanes of at least 4 members (excludes halogenated alkanes) is 2. The molecular weight excluding hydrogens is 312 g/mol. The molecule has 1 aliphatic heterocycles. The van der Waals surface area contributed by atoms with Crippen molar-refractivity contribution < 1.29 is 9.53 Å². The SMILES string of the molecule is CCCCCOc1cccc(C2(C)Nc3ccccc3C(=O)N2C)c1. The lowest BCUT2D eigenvalue weighted by molar-refractivity contribution is 0.0615. The van der Waals surface area contributed by atoms with Crippen LogP contribution in [0.3, 0.4) is 0 Å². The number of nitrogens with one attached hydrogen (secondary N) is 1. The maximum Gasteiger partial charge on any atom is 0.257 e. The molecule has 0 aromatic heterocycles. The van der Waals surface area contributed by atoms with E-state index in [-0.39, 0.29) is 5.91 Å². The van der Waals surface area contributed by atoms with Gasteiger partial charge in [0.05, 0.1) is 12.2 Å². The zero-order chi connectivity index (χ0) is 17.9. The first kappa shape index (κ1) is 17.3. The number of ether oxygens (including phenoxy) is 1. The summed E-state index contributed by atoms with van der Waals surface area (Å²) in [7, 11) is 1.83. The van der Waals surface area contributed by atoms with Crippen LogP contribution in [0.5, 0.6) is 5.75 Å². The Labute approximate surface area is 149 Å². The fourth-order valence-corrected chi connectivity index (χ4v) is 3.21. The van der Waals surface area contributed by atoms with E-state index in [0.29, 0.717) is 5.56 Å². The van der Waals surface area contributed by atoms with E-state index in [2.05, 4.69) is 12.2 Å². The Morgan fingerprint density at radius 3 is 2.72 bits per heavy atom. The molecule has 3 rings (SSSR count). The van der Waals surface area contributed by atoms with Crippen LogP contribution < -0.4 is 10.1 Å². The zero-order valence-corrected chi connectivity index (χ0v) is 15.2. The Morgan fingerprint density at radius 1 is 1.12 bits per heavy atom. The van der Waals surface area contributed by atoms with Crippen LogP contribution in [0.2, 0.25) is 0 Å². The van der Waals surface area contributed by atoms with Crippen LogP contribution in [0.1, 0.15) is 49.0 Å². The summed E-state index contributed by atoms with van der Waals surface area (Å²) in [6.45, 7) is 4.93. The topological polar surface area (TPSA) is 41.6 Å². The third-order valence-electron chi connectivity index (χ3n) is 4.92. The van der Waals surface area contributed by atoms with Gasteiger partial charge in [0.25, 0.3) is 5.91 Å². The van der Waals surface area contributed by atoms with Gasteiger partial charge < -0.3 is 15.0 Å². The van der Waals surface area contributed by atoms with Crippen LogP contribution >= 0.6 is 0 Å². The molecule has 1 aliphatic rings. The third kappa shape index (κ3) is 3.34. The molecule has 0 saturated heterocycles. The first-order chi connectivity index (χ1) is 12.1. The van der Waals surface area contributed by atoms with Crippen LogP contribution in [0.25, 0.3) is 0 Å². The van der Waals surface area contributed by atoms with Crippen molar-refractivity contribution in [1.82, 2.24) is 4.90 Å². The largest absolute Gasteiger partial charge is 0.494 e. The number of anilines is 1. The second-order valence-electron chi connectivity index (χ2n) is 6.69. The number of rotatable bonds is 6. The molecule has 4 nitrogen and oxygen atoms in total. The van der Waals surface area contributed by atoms with Crippen molar-refractivity contribution in [2.24, 2.45) is 0 Å². The van der Waals surface area contributed by atoms with Crippen molar-refractivity contribution >= 4 is 11.6 Å². The number of nitrogens with zero attached hydrogens (tertiary/aromatic N) is 1. The molecule has 0 fully saturated rings. The quantitative estimate of drug-likeness (QED) is 0.781. The van der Waals surface area contributed by atoms with Crippen molar-refractivity contribution in [3.05, 3.63) is 59.7 Å². The highest BCUT2D eigenvalue weighted by molar-refractivity contribution is 6.02. The number of para-hydroxylation sites is 1. The van der Waals surface area contributed by atoms with Crippen molar-refractivity contribution in [2.75, 3.05) is 19.0 Å². The Bertz CT molecular complexity index is 759. The average Bonchev–Trinajstić information content (AvgIpc) is 2.64. The predicted octanol–water partition coefficient (Wildman–Crippen LogP) is 4.63. The summed E-state index contributed by atoms with van der Waals surface area (Å²) in [6.07, 6.45) is 3.41. The second kappa shape index (κ2) is 7.18. The number of hydrogen-bond acceptors (Lipinski definition) is 3. The summed E-state index contributed by atoms with van der Waals surface area (Å²) in [5, 5.41) is 3.52. The molecule has 1 N–H and O–H groups in total. The van der Waals surface area contributed by atoms with Crippen LogP contribution in [0.15, 0.2) is 48.5 Å². The molecule has 1 heterocycles. The normalized spacial score (nSPS) is 19.3. The standard InChI is InChI=1S/C21H26N2O2/c1-4-5-8-14-25-17-11-9-10-16(15-17)21(2)22-19-13-7-6-12-18(19)20(24)23(21)3/h6-7,9-13,15,22H,4-5,8,14H2,1-3H3. The van der Waals surface area contributed by atoms with Crippen LogP contribution in [-0.4, -0.2) is 24.5 Å². The Balaban J connectivity index is 1.86. The Hall–Kier alpha value is -2.49. The fraction of sp³-hybridized carbons (Fsp3) is 0.381. The van der Waals surface area contributed by atoms with Crippen LogP contribution in [0.4, 0.5) is 5.69 Å². The molecule has 2 aromatic carbocycles. The monoisotopic (exact) mass is 338 g/mol. The molecule has 1 atom stereocenters. The van der Waals surface area contributed by atoms with E-state index in [4.69, 9.17) is 4.74 Å². The van der Waals surface area contributed by atoms with E-state index in [1.54, 1.807) is 4.90 Å². The molecule has 4 heteroatoms. The molecule has 1 unspecified atom stereocenters. The van der Waals surface area contributed by atoms with E-state index >= 15 is 0 Å². The van der Waals surface area contributed by atoms with Gasteiger partial charge in [-0.2, -0.15) is 0 Å². The lowest BCUT2D eigenvalue weighted by Gasteiger charge is -2.44. The molecule has 1 amide bonds. The van der Waals surface area contributed by atoms with Crippen molar-refractivity contribution in [2.45, 2.75) is 38.8 Å². The molecule has 0 radical (unpaired) electrons. The molecule has 25 heavy (non-hydrogen) atoms. The molecule has 0 spiro atoms. The Kier molecular flexibility index (Phi) is 4.98. The molecule has 0 saturated carbocycles. The summed E-state index contributed by atoms with van der Waals surface area (Å²) >= 11 is 0. The highest BCUT2D eigenvalue weighted by Gasteiger charge is 2.40. The van der Waals surface area contributed by atoms with Crippen molar-refractivity contribution in [1.29, 1.82) is 0 Å². The van der Waals surface area contributed by atoms with Gasteiger partial charge in [0.15, 0.2) is 0 Å². The maximum absolute atomic E-state index is 12.8. The van der Waals surface area contributed by atoms with Gasteiger partial charge in [0.1, 0.15) is 11.4 Å². The lowest BCUT2D eigenvalue weighted by atomic mass is 9.94. The molecule has 0 bridgehead atoms. The van der Waals surface area contributed by atoms with E-state index < -0.39 is 5.66 Å².